The molecule has 1 amide bonds. The van der Waals surface area contributed by atoms with Crippen LogP contribution in [0.5, 0.6) is 0 Å². The lowest BCUT2D eigenvalue weighted by molar-refractivity contribution is -0.125. The van der Waals surface area contributed by atoms with Gasteiger partial charge in [-0.2, -0.15) is 0 Å². The highest BCUT2D eigenvalue weighted by Gasteiger charge is 2.16. The number of carbonyl (C=O) groups is 2. The van der Waals surface area contributed by atoms with Gasteiger partial charge in [-0.3, -0.25) is 4.79 Å². The van der Waals surface area contributed by atoms with Gasteiger partial charge < -0.3 is 10.1 Å². The van der Waals surface area contributed by atoms with Gasteiger partial charge in [0.05, 0.1) is 11.6 Å². The van der Waals surface area contributed by atoms with Crippen molar-refractivity contribution in [1.29, 1.82) is 0 Å². The Morgan fingerprint density at radius 1 is 1.12 bits per heavy atom. The fourth-order valence-corrected chi connectivity index (χ4v) is 2.50. The van der Waals surface area contributed by atoms with Crippen LogP contribution in [-0.2, 0) is 9.53 Å². The lowest BCUT2D eigenvalue weighted by atomic mass is 10.0. The molecular weight excluding hydrogens is 396 g/mol. The van der Waals surface area contributed by atoms with E-state index in [1.807, 2.05) is 31.2 Å². The van der Waals surface area contributed by atoms with Crippen LogP contribution in [-0.4, -0.2) is 18.5 Å². The summed E-state index contributed by atoms with van der Waals surface area (Å²) < 4.78 is 31.9. The van der Waals surface area contributed by atoms with Gasteiger partial charge in [0.2, 0.25) is 0 Å². The zero-order valence-electron chi connectivity index (χ0n) is 13.4. The van der Waals surface area contributed by atoms with Crippen LogP contribution in [0.4, 0.5) is 8.78 Å². The quantitative estimate of drug-likeness (QED) is 0.726. The molecule has 0 fully saturated rings. The minimum Gasteiger partial charge on any atom is -0.452 e. The third-order valence-corrected chi connectivity index (χ3v) is 3.98. The van der Waals surface area contributed by atoms with E-state index in [-0.39, 0.29) is 11.6 Å². The summed E-state index contributed by atoms with van der Waals surface area (Å²) in [6.07, 6.45) is 0.649. The van der Waals surface area contributed by atoms with E-state index in [2.05, 4.69) is 21.2 Å². The van der Waals surface area contributed by atoms with Crippen molar-refractivity contribution < 1.29 is 23.1 Å². The fraction of sp³-hybridized carbons (Fsp3) is 0.222. The molecule has 0 aliphatic heterocycles. The minimum atomic E-state index is -0.967. The van der Waals surface area contributed by atoms with Gasteiger partial charge in [0, 0.05) is 10.5 Å². The van der Waals surface area contributed by atoms with Gasteiger partial charge in [-0.1, -0.05) is 35.0 Å². The van der Waals surface area contributed by atoms with E-state index in [1.165, 1.54) is 0 Å². The molecule has 1 atom stereocenters. The van der Waals surface area contributed by atoms with Crippen molar-refractivity contribution in [2.24, 2.45) is 0 Å². The molecule has 0 aromatic heterocycles. The molecule has 0 radical (unpaired) electrons. The molecule has 0 bridgehead atoms. The van der Waals surface area contributed by atoms with Crippen molar-refractivity contribution in [3.05, 3.63) is 69.7 Å². The second kappa shape index (κ2) is 8.71. The van der Waals surface area contributed by atoms with E-state index < -0.39 is 30.1 Å². The number of nitrogens with one attached hydrogen (secondary N) is 1. The Morgan fingerprint density at radius 2 is 1.72 bits per heavy atom. The predicted molar refractivity (Wildman–Crippen MR) is 92.0 cm³/mol. The van der Waals surface area contributed by atoms with Crippen LogP contribution in [0.3, 0.4) is 0 Å². The maximum absolute atomic E-state index is 13.1. The Balaban J connectivity index is 1.92. The van der Waals surface area contributed by atoms with Gasteiger partial charge in [-0.25, -0.2) is 13.6 Å². The Bertz CT molecular complexity index is 745. The maximum atomic E-state index is 13.1. The standard InChI is InChI=1S/C18H16BrF2NO3/c1-2-16(11-3-5-13(19)6-4-11)22-17(23)10-25-18(24)12-7-14(20)9-15(21)8-12/h3-9,16H,2,10H2,1H3,(H,22,23)/t16-/m0/s1. The molecule has 2 aromatic carbocycles. The molecule has 0 heterocycles. The Hall–Kier alpha value is -2.28. The molecule has 25 heavy (non-hydrogen) atoms. The summed E-state index contributed by atoms with van der Waals surface area (Å²) in [6.45, 7) is 1.37. The smallest absolute Gasteiger partial charge is 0.338 e. The van der Waals surface area contributed by atoms with Gasteiger partial charge in [-0.05, 0) is 36.2 Å². The highest BCUT2D eigenvalue weighted by Crippen LogP contribution is 2.19. The van der Waals surface area contributed by atoms with Crippen molar-refractivity contribution in [2.75, 3.05) is 6.61 Å². The average molecular weight is 412 g/mol. The number of amides is 1. The van der Waals surface area contributed by atoms with E-state index in [9.17, 15) is 18.4 Å². The van der Waals surface area contributed by atoms with Gasteiger partial charge in [0.15, 0.2) is 6.61 Å². The lowest BCUT2D eigenvalue weighted by Gasteiger charge is -2.17. The molecule has 7 heteroatoms. The van der Waals surface area contributed by atoms with Crippen LogP contribution in [0.1, 0.15) is 35.3 Å². The molecule has 0 saturated heterocycles. The highest BCUT2D eigenvalue weighted by atomic mass is 79.9. The predicted octanol–water partition coefficient (Wildman–Crippen LogP) is 4.15. The topological polar surface area (TPSA) is 55.4 Å². The van der Waals surface area contributed by atoms with Crippen LogP contribution >= 0.6 is 15.9 Å². The first-order chi connectivity index (χ1) is 11.9. The van der Waals surface area contributed by atoms with E-state index in [1.54, 1.807) is 0 Å². The number of rotatable bonds is 6. The first-order valence-corrected chi connectivity index (χ1v) is 8.36. The first kappa shape index (κ1) is 19.1. The second-order valence-electron chi connectivity index (χ2n) is 5.31. The SMILES string of the molecule is CC[C@H](NC(=O)COC(=O)c1cc(F)cc(F)c1)c1ccc(Br)cc1. The molecule has 1 N–H and O–H groups in total. The minimum absolute atomic E-state index is 0.231. The van der Waals surface area contributed by atoms with Crippen LogP contribution in [0.15, 0.2) is 46.9 Å². The van der Waals surface area contributed by atoms with Crippen molar-refractivity contribution in [2.45, 2.75) is 19.4 Å². The second-order valence-corrected chi connectivity index (χ2v) is 6.23. The van der Waals surface area contributed by atoms with E-state index in [0.29, 0.717) is 12.5 Å². The Kier molecular flexibility index (Phi) is 6.64. The van der Waals surface area contributed by atoms with Crippen LogP contribution in [0.2, 0.25) is 0 Å². The third-order valence-electron chi connectivity index (χ3n) is 3.45. The normalized spacial score (nSPS) is 11.7. The van der Waals surface area contributed by atoms with Gasteiger partial charge >= 0.3 is 5.97 Å². The van der Waals surface area contributed by atoms with Crippen molar-refractivity contribution >= 4 is 27.8 Å². The summed E-state index contributed by atoms with van der Waals surface area (Å²) >= 11 is 3.34. The summed E-state index contributed by atoms with van der Waals surface area (Å²) in [5.41, 5.74) is 0.628. The van der Waals surface area contributed by atoms with Gasteiger partial charge in [0.1, 0.15) is 11.6 Å². The molecule has 0 unspecified atom stereocenters. The molecule has 0 aliphatic rings. The monoisotopic (exact) mass is 411 g/mol. The van der Waals surface area contributed by atoms with Gasteiger partial charge in [-0.15, -0.1) is 0 Å². The number of esters is 1. The Morgan fingerprint density at radius 3 is 2.28 bits per heavy atom. The first-order valence-electron chi connectivity index (χ1n) is 7.57. The van der Waals surface area contributed by atoms with E-state index in [4.69, 9.17) is 4.74 Å². The number of benzene rings is 2. The summed E-state index contributed by atoms with van der Waals surface area (Å²) in [5.74, 6) is -3.25. The summed E-state index contributed by atoms with van der Waals surface area (Å²) in [4.78, 5) is 23.8. The Labute approximate surface area is 152 Å². The number of hydrogen-bond donors (Lipinski definition) is 1. The van der Waals surface area contributed by atoms with Crippen molar-refractivity contribution in [1.82, 2.24) is 5.32 Å². The zero-order chi connectivity index (χ0) is 18.4. The molecule has 0 spiro atoms. The molecule has 0 aliphatic carbocycles. The van der Waals surface area contributed by atoms with Crippen molar-refractivity contribution in [3.63, 3.8) is 0 Å². The van der Waals surface area contributed by atoms with Gasteiger partial charge in [0.25, 0.3) is 5.91 Å². The van der Waals surface area contributed by atoms with Crippen LogP contribution in [0, 0.1) is 11.6 Å². The highest BCUT2D eigenvalue weighted by molar-refractivity contribution is 9.10. The van der Waals surface area contributed by atoms with E-state index in [0.717, 1.165) is 22.2 Å². The maximum Gasteiger partial charge on any atom is 0.338 e. The summed E-state index contributed by atoms with van der Waals surface area (Å²) in [6, 6.07) is 9.59. The third kappa shape index (κ3) is 5.63. The number of hydrogen-bond acceptors (Lipinski definition) is 3. The summed E-state index contributed by atoms with van der Waals surface area (Å²) in [7, 11) is 0. The number of ether oxygens (including phenoxy) is 1. The lowest BCUT2D eigenvalue weighted by Crippen LogP contribution is -2.32. The fourth-order valence-electron chi connectivity index (χ4n) is 2.24. The van der Waals surface area contributed by atoms with Crippen LogP contribution in [0.25, 0.3) is 0 Å². The summed E-state index contributed by atoms with van der Waals surface area (Å²) in [5, 5.41) is 2.75. The molecular formula is C18H16BrF2NO3. The van der Waals surface area contributed by atoms with E-state index >= 15 is 0 Å². The number of halogens is 3. The average Bonchev–Trinajstić information content (AvgIpc) is 2.57. The molecule has 0 saturated carbocycles. The molecule has 4 nitrogen and oxygen atoms in total. The molecule has 2 aromatic rings. The molecule has 2 rings (SSSR count). The molecule has 132 valence electrons. The largest absolute Gasteiger partial charge is 0.452 e. The van der Waals surface area contributed by atoms with Crippen LogP contribution < -0.4 is 5.32 Å². The number of carbonyl (C=O) groups excluding carboxylic acids is 2. The zero-order valence-corrected chi connectivity index (χ0v) is 15.0. The van der Waals surface area contributed by atoms with Crippen molar-refractivity contribution in [3.8, 4) is 0 Å².